The number of nitrogens with one attached hydrogen (secondary N) is 2. The summed E-state index contributed by atoms with van der Waals surface area (Å²) in [7, 11) is 2.01. The van der Waals surface area contributed by atoms with Gasteiger partial charge in [0.2, 0.25) is 0 Å². The SMILES string of the molecule is CNCC(C)CNCC(C)C(C)C. The molecule has 0 aromatic heterocycles. The topological polar surface area (TPSA) is 24.1 Å². The van der Waals surface area contributed by atoms with Crippen LogP contribution in [-0.4, -0.2) is 26.7 Å². The highest BCUT2D eigenvalue weighted by molar-refractivity contribution is 4.63. The zero-order chi connectivity index (χ0) is 10.3. The summed E-state index contributed by atoms with van der Waals surface area (Å²) < 4.78 is 0. The molecule has 0 amide bonds. The molecule has 0 aromatic carbocycles. The van der Waals surface area contributed by atoms with Crippen molar-refractivity contribution in [3.63, 3.8) is 0 Å². The Hall–Kier alpha value is -0.0800. The van der Waals surface area contributed by atoms with Gasteiger partial charge in [-0.25, -0.2) is 0 Å². The fourth-order valence-corrected chi connectivity index (χ4v) is 1.21. The second kappa shape index (κ2) is 7.34. The van der Waals surface area contributed by atoms with Gasteiger partial charge in [0.15, 0.2) is 0 Å². The van der Waals surface area contributed by atoms with Gasteiger partial charge in [0.25, 0.3) is 0 Å². The van der Waals surface area contributed by atoms with Crippen molar-refractivity contribution in [2.75, 3.05) is 26.7 Å². The molecule has 0 fully saturated rings. The van der Waals surface area contributed by atoms with E-state index in [2.05, 4.69) is 38.3 Å². The molecule has 2 N–H and O–H groups in total. The van der Waals surface area contributed by atoms with Gasteiger partial charge in [0.05, 0.1) is 0 Å². The van der Waals surface area contributed by atoms with Crippen LogP contribution in [0.2, 0.25) is 0 Å². The molecule has 2 atom stereocenters. The highest BCUT2D eigenvalue weighted by Gasteiger charge is 2.06. The summed E-state index contributed by atoms with van der Waals surface area (Å²) in [6.07, 6.45) is 0. The molecule has 0 heterocycles. The van der Waals surface area contributed by atoms with Crippen LogP contribution < -0.4 is 10.6 Å². The van der Waals surface area contributed by atoms with Crippen LogP contribution in [0.4, 0.5) is 0 Å². The van der Waals surface area contributed by atoms with E-state index < -0.39 is 0 Å². The summed E-state index contributed by atoms with van der Waals surface area (Å²) in [4.78, 5) is 0. The lowest BCUT2D eigenvalue weighted by atomic mass is 9.98. The first-order valence-corrected chi connectivity index (χ1v) is 5.43. The summed E-state index contributed by atoms with van der Waals surface area (Å²) >= 11 is 0. The second-order valence-electron chi connectivity index (χ2n) is 4.54. The van der Waals surface area contributed by atoms with Crippen LogP contribution in [0.5, 0.6) is 0 Å². The van der Waals surface area contributed by atoms with Gasteiger partial charge in [-0.3, -0.25) is 0 Å². The first-order chi connectivity index (χ1) is 6.07. The molecule has 0 spiro atoms. The maximum Gasteiger partial charge on any atom is -0.00109 e. The van der Waals surface area contributed by atoms with Crippen LogP contribution in [-0.2, 0) is 0 Å². The maximum atomic E-state index is 3.51. The lowest BCUT2D eigenvalue weighted by Gasteiger charge is -2.18. The Morgan fingerprint density at radius 2 is 1.54 bits per heavy atom. The van der Waals surface area contributed by atoms with Crippen LogP contribution >= 0.6 is 0 Å². The van der Waals surface area contributed by atoms with Crippen molar-refractivity contribution in [2.24, 2.45) is 17.8 Å². The summed E-state index contributed by atoms with van der Waals surface area (Å²) in [6, 6.07) is 0. The van der Waals surface area contributed by atoms with E-state index in [1.165, 1.54) is 0 Å². The molecule has 0 saturated heterocycles. The Labute approximate surface area is 83.5 Å². The van der Waals surface area contributed by atoms with Crippen LogP contribution in [0.25, 0.3) is 0 Å². The standard InChI is InChI=1S/C11H26N2/c1-9(2)11(4)8-13-7-10(3)6-12-5/h9-13H,6-8H2,1-5H3. The molecule has 13 heavy (non-hydrogen) atoms. The fourth-order valence-electron chi connectivity index (χ4n) is 1.21. The van der Waals surface area contributed by atoms with Gasteiger partial charge in [-0.05, 0) is 44.4 Å². The predicted octanol–water partition coefficient (Wildman–Crippen LogP) is 1.72. The Kier molecular flexibility index (Phi) is 7.29. The summed E-state index contributed by atoms with van der Waals surface area (Å²) in [5.74, 6) is 2.29. The minimum Gasteiger partial charge on any atom is -0.319 e. The summed E-state index contributed by atoms with van der Waals surface area (Å²) in [5.41, 5.74) is 0. The van der Waals surface area contributed by atoms with Crippen molar-refractivity contribution < 1.29 is 0 Å². The lowest BCUT2D eigenvalue weighted by molar-refractivity contribution is 0.376. The quantitative estimate of drug-likeness (QED) is 0.632. The molecule has 0 radical (unpaired) electrons. The summed E-state index contributed by atoms with van der Waals surface area (Å²) in [6.45, 7) is 12.5. The third-order valence-corrected chi connectivity index (χ3v) is 2.65. The Balaban J connectivity index is 3.33. The number of rotatable bonds is 7. The molecule has 0 bridgehead atoms. The van der Waals surface area contributed by atoms with Crippen molar-refractivity contribution in [2.45, 2.75) is 27.7 Å². The first kappa shape index (κ1) is 12.9. The highest BCUT2D eigenvalue weighted by Crippen LogP contribution is 2.07. The third-order valence-electron chi connectivity index (χ3n) is 2.65. The van der Waals surface area contributed by atoms with E-state index in [0.717, 1.165) is 37.4 Å². The average Bonchev–Trinajstić information content (AvgIpc) is 2.04. The van der Waals surface area contributed by atoms with Crippen molar-refractivity contribution in [3.05, 3.63) is 0 Å². The number of hydrogen-bond donors (Lipinski definition) is 2. The molecule has 0 aromatic rings. The van der Waals surface area contributed by atoms with Crippen molar-refractivity contribution in [3.8, 4) is 0 Å². The lowest BCUT2D eigenvalue weighted by Crippen LogP contribution is -2.31. The minimum absolute atomic E-state index is 0.726. The van der Waals surface area contributed by atoms with E-state index in [0.29, 0.717) is 0 Å². The smallest absolute Gasteiger partial charge is 0.00109 e. The zero-order valence-corrected chi connectivity index (χ0v) is 9.85. The Morgan fingerprint density at radius 3 is 2.00 bits per heavy atom. The van der Waals surface area contributed by atoms with Gasteiger partial charge in [0.1, 0.15) is 0 Å². The van der Waals surface area contributed by atoms with Crippen LogP contribution in [0, 0.1) is 17.8 Å². The Morgan fingerprint density at radius 1 is 0.923 bits per heavy atom. The molecule has 0 rings (SSSR count). The maximum absolute atomic E-state index is 3.51. The van der Waals surface area contributed by atoms with Gasteiger partial charge in [-0.1, -0.05) is 27.7 Å². The molecule has 2 unspecified atom stereocenters. The van der Waals surface area contributed by atoms with E-state index in [9.17, 15) is 0 Å². The first-order valence-electron chi connectivity index (χ1n) is 5.43. The van der Waals surface area contributed by atoms with Crippen LogP contribution in [0.3, 0.4) is 0 Å². The van der Waals surface area contributed by atoms with E-state index in [4.69, 9.17) is 0 Å². The molecule has 2 heteroatoms. The van der Waals surface area contributed by atoms with Crippen LogP contribution in [0.1, 0.15) is 27.7 Å². The zero-order valence-electron chi connectivity index (χ0n) is 9.85. The van der Waals surface area contributed by atoms with Crippen molar-refractivity contribution in [1.29, 1.82) is 0 Å². The largest absolute Gasteiger partial charge is 0.319 e. The van der Waals surface area contributed by atoms with Gasteiger partial charge >= 0.3 is 0 Å². The Bertz CT molecular complexity index is 113. The van der Waals surface area contributed by atoms with Gasteiger partial charge in [-0.15, -0.1) is 0 Å². The summed E-state index contributed by atoms with van der Waals surface area (Å²) in [5, 5.41) is 6.70. The van der Waals surface area contributed by atoms with Crippen LogP contribution in [0.15, 0.2) is 0 Å². The minimum atomic E-state index is 0.726. The molecule has 0 aliphatic rings. The highest BCUT2D eigenvalue weighted by atomic mass is 14.9. The van der Waals surface area contributed by atoms with Gasteiger partial charge in [-0.2, -0.15) is 0 Å². The third kappa shape index (κ3) is 7.03. The monoisotopic (exact) mass is 186 g/mol. The fraction of sp³-hybridized carbons (Fsp3) is 1.00. The molecule has 80 valence electrons. The molecule has 2 nitrogen and oxygen atoms in total. The average molecular weight is 186 g/mol. The van der Waals surface area contributed by atoms with Crippen molar-refractivity contribution >= 4 is 0 Å². The number of hydrogen-bond acceptors (Lipinski definition) is 2. The molecular weight excluding hydrogens is 160 g/mol. The predicted molar refractivity (Wildman–Crippen MR) is 60.0 cm³/mol. The van der Waals surface area contributed by atoms with E-state index in [-0.39, 0.29) is 0 Å². The normalized spacial score (nSPS) is 16.2. The van der Waals surface area contributed by atoms with E-state index in [1.54, 1.807) is 0 Å². The molecule has 0 aliphatic carbocycles. The molecule has 0 saturated carbocycles. The molecular formula is C11H26N2. The van der Waals surface area contributed by atoms with Gasteiger partial charge < -0.3 is 10.6 Å². The molecule has 0 aliphatic heterocycles. The van der Waals surface area contributed by atoms with E-state index >= 15 is 0 Å². The van der Waals surface area contributed by atoms with Gasteiger partial charge in [0, 0.05) is 0 Å². The van der Waals surface area contributed by atoms with E-state index in [1.807, 2.05) is 7.05 Å². The van der Waals surface area contributed by atoms with Crippen molar-refractivity contribution in [1.82, 2.24) is 10.6 Å². The second-order valence-corrected chi connectivity index (χ2v) is 4.54.